The number of benzene rings is 1. The molecule has 0 bridgehead atoms. The lowest BCUT2D eigenvalue weighted by Gasteiger charge is -2.11. The van der Waals surface area contributed by atoms with Crippen LogP contribution in [-0.2, 0) is 6.42 Å². The SMILES string of the molecule is NCCCc1cc(Br)ccc1OC1CC1. The number of rotatable bonds is 5. The van der Waals surface area contributed by atoms with Gasteiger partial charge in [-0.1, -0.05) is 15.9 Å². The molecular formula is C12H16BrNO. The molecule has 0 unspecified atom stereocenters. The van der Waals surface area contributed by atoms with E-state index in [0.717, 1.165) is 29.6 Å². The smallest absolute Gasteiger partial charge is 0.122 e. The molecule has 3 heteroatoms. The third kappa shape index (κ3) is 3.21. The van der Waals surface area contributed by atoms with Crippen LogP contribution in [0.4, 0.5) is 0 Å². The lowest BCUT2D eigenvalue weighted by atomic mass is 10.1. The number of hydrogen-bond donors (Lipinski definition) is 1. The summed E-state index contributed by atoms with van der Waals surface area (Å²) in [7, 11) is 0. The van der Waals surface area contributed by atoms with E-state index in [2.05, 4.69) is 22.0 Å². The van der Waals surface area contributed by atoms with Crippen molar-refractivity contribution in [3.05, 3.63) is 28.2 Å². The van der Waals surface area contributed by atoms with E-state index in [1.54, 1.807) is 0 Å². The lowest BCUT2D eigenvalue weighted by molar-refractivity contribution is 0.299. The van der Waals surface area contributed by atoms with Gasteiger partial charge in [-0.05, 0) is 56.0 Å². The highest BCUT2D eigenvalue weighted by Gasteiger charge is 2.24. The molecule has 2 rings (SSSR count). The summed E-state index contributed by atoms with van der Waals surface area (Å²) in [6, 6.07) is 6.21. The first-order valence-corrected chi connectivity index (χ1v) is 6.24. The quantitative estimate of drug-likeness (QED) is 0.892. The molecule has 1 saturated carbocycles. The van der Waals surface area contributed by atoms with Gasteiger partial charge in [0.15, 0.2) is 0 Å². The fourth-order valence-electron chi connectivity index (χ4n) is 1.52. The summed E-state index contributed by atoms with van der Waals surface area (Å²) in [6.07, 6.45) is 4.87. The predicted molar refractivity (Wildman–Crippen MR) is 65.2 cm³/mol. The van der Waals surface area contributed by atoms with E-state index in [-0.39, 0.29) is 0 Å². The van der Waals surface area contributed by atoms with Crippen molar-refractivity contribution < 1.29 is 4.74 Å². The van der Waals surface area contributed by atoms with Crippen LogP contribution in [0, 0.1) is 0 Å². The first-order valence-electron chi connectivity index (χ1n) is 5.45. The zero-order valence-corrected chi connectivity index (χ0v) is 10.3. The lowest BCUT2D eigenvalue weighted by Crippen LogP contribution is -2.03. The second kappa shape index (κ2) is 4.99. The highest BCUT2D eigenvalue weighted by Crippen LogP contribution is 2.31. The first-order chi connectivity index (χ1) is 7.29. The monoisotopic (exact) mass is 269 g/mol. The molecule has 0 amide bonds. The Morgan fingerprint density at radius 3 is 2.87 bits per heavy atom. The summed E-state index contributed by atoms with van der Waals surface area (Å²) >= 11 is 3.48. The zero-order valence-electron chi connectivity index (χ0n) is 8.71. The van der Waals surface area contributed by atoms with Gasteiger partial charge in [0.05, 0.1) is 6.10 Å². The van der Waals surface area contributed by atoms with Crippen molar-refractivity contribution in [1.82, 2.24) is 0 Å². The van der Waals surface area contributed by atoms with Gasteiger partial charge in [0.25, 0.3) is 0 Å². The molecule has 0 aromatic heterocycles. The predicted octanol–water partition coefficient (Wildman–Crippen LogP) is 2.88. The number of halogens is 1. The summed E-state index contributed by atoms with van der Waals surface area (Å²) in [4.78, 5) is 0. The van der Waals surface area contributed by atoms with Crippen LogP contribution in [0.15, 0.2) is 22.7 Å². The molecule has 0 spiro atoms. The van der Waals surface area contributed by atoms with Crippen LogP contribution >= 0.6 is 15.9 Å². The largest absolute Gasteiger partial charge is 0.490 e. The van der Waals surface area contributed by atoms with Crippen LogP contribution in [0.3, 0.4) is 0 Å². The van der Waals surface area contributed by atoms with Crippen molar-refractivity contribution in [2.45, 2.75) is 31.8 Å². The Morgan fingerprint density at radius 1 is 1.40 bits per heavy atom. The van der Waals surface area contributed by atoms with E-state index < -0.39 is 0 Å². The Labute approximate surface area is 98.9 Å². The van der Waals surface area contributed by atoms with Crippen LogP contribution < -0.4 is 10.5 Å². The van der Waals surface area contributed by atoms with Gasteiger partial charge in [-0.15, -0.1) is 0 Å². The number of nitrogens with two attached hydrogens (primary N) is 1. The van der Waals surface area contributed by atoms with Gasteiger partial charge in [-0.3, -0.25) is 0 Å². The average molecular weight is 270 g/mol. The van der Waals surface area contributed by atoms with Crippen LogP contribution in [0.5, 0.6) is 5.75 Å². The molecule has 15 heavy (non-hydrogen) atoms. The van der Waals surface area contributed by atoms with E-state index in [9.17, 15) is 0 Å². The van der Waals surface area contributed by atoms with Gasteiger partial charge in [0, 0.05) is 4.47 Å². The molecule has 0 atom stereocenters. The van der Waals surface area contributed by atoms with Gasteiger partial charge in [0.1, 0.15) is 5.75 Å². The molecule has 2 nitrogen and oxygen atoms in total. The maximum atomic E-state index is 5.85. The third-order valence-electron chi connectivity index (χ3n) is 2.49. The molecule has 2 N–H and O–H groups in total. The van der Waals surface area contributed by atoms with E-state index in [0.29, 0.717) is 6.10 Å². The minimum absolute atomic E-state index is 0.461. The van der Waals surface area contributed by atoms with E-state index in [4.69, 9.17) is 10.5 Å². The molecule has 82 valence electrons. The standard InChI is InChI=1S/C12H16BrNO/c13-10-3-6-12(15-11-4-5-11)9(8-10)2-1-7-14/h3,6,8,11H,1-2,4-5,7,14H2. The molecule has 0 saturated heterocycles. The van der Waals surface area contributed by atoms with Crippen LogP contribution in [0.2, 0.25) is 0 Å². The topological polar surface area (TPSA) is 35.2 Å². The van der Waals surface area contributed by atoms with Crippen molar-refractivity contribution in [3.63, 3.8) is 0 Å². The average Bonchev–Trinajstić information content (AvgIpc) is 3.02. The zero-order chi connectivity index (χ0) is 10.7. The molecule has 0 aliphatic heterocycles. The van der Waals surface area contributed by atoms with E-state index in [1.807, 2.05) is 12.1 Å². The van der Waals surface area contributed by atoms with Crippen LogP contribution in [0.25, 0.3) is 0 Å². The van der Waals surface area contributed by atoms with Crippen molar-refractivity contribution >= 4 is 15.9 Å². The number of aryl methyl sites for hydroxylation is 1. The first kappa shape index (κ1) is 11.0. The fraction of sp³-hybridized carbons (Fsp3) is 0.500. The Bertz CT molecular complexity index is 336. The normalized spacial score (nSPS) is 15.3. The molecule has 1 fully saturated rings. The Balaban J connectivity index is 2.10. The maximum Gasteiger partial charge on any atom is 0.122 e. The Morgan fingerprint density at radius 2 is 2.20 bits per heavy atom. The highest BCUT2D eigenvalue weighted by molar-refractivity contribution is 9.10. The van der Waals surface area contributed by atoms with Crippen molar-refractivity contribution in [1.29, 1.82) is 0 Å². The van der Waals surface area contributed by atoms with Crippen LogP contribution in [-0.4, -0.2) is 12.6 Å². The molecule has 0 radical (unpaired) electrons. The second-order valence-corrected chi connectivity index (χ2v) is 4.88. The Hall–Kier alpha value is -0.540. The minimum Gasteiger partial charge on any atom is -0.490 e. The summed E-state index contributed by atoms with van der Waals surface area (Å²) in [5.41, 5.74) is 6.79. The highest BCUT2D eigenvalue weighted by atomic mass is 79.9. The minimum atomic E-state index is 0.461. The molecule has 0 heterocycles. The molecule has 1 aliphatic rings. The van der Waals surface area contributed by atoms with Gasteiger partial charge in [-0.2, -0.15) is 0 Å². The molecule has 1 aromatic rings. The van der Waals surface area contributed by atoms with Crippen LogP contribution in [0.1, 0.15) is 24.8 Å². The van der Waals surface area contributed by atoms with Crippen molar-refractivity contribution in [3.8, 4) is 5.75 Å². The Kier molecular flexibility index (Phi) is 3.65. The third-order valence-corrected chi connectivity index (χ3v) is 2.98. The number of ether oxygens (including phenoxy) is 1. The molecule has 1 aromatic carbocycles. The summed E-state index contributed by atoms with van der Waals surface area (Å²) in [5.74, 6) is 1.04. The maximum absolute atomic E-state index is 5.85. The number of hydrogen-bond acceptors (Lipinski definition) is 2. The van der Waals surface area contributed by atoms with E-state index >= 15 is 0 Å². The van der Waals surface area contributed by atoms with Gasteiger partial charge in [-0.25, -0.2) is 0 Å². The summed E-state index contributed by atoms with van der Waals surface area (Å²) in [6.45, 7) is 0.732. The van der Waals surface area contributed by atoms with E-state index in [1.165, 1.54) is 18.4 Å². The van der Waals surface area contributed by atoms with Gasteiger partial charge < -0.3 is 10.5 Å². The van der Waals surface area contributed by atoms with Gasteiger partial charge >= 0.3 is 0 Å². The fourth-order valence-corrected chi connectivity index (χ4v) is 1.92. The van der Waals surface area contributed by atoms with Gasteiger partial charge in [0.2, 0.25) is 0 Å². The molecule has 1 aliphatic carbocycles. The molecular weight excluding hydrogens is 254 g/mol. The van der Waals surface area contributed by atoms with Crippen molar-refractivity contribution in [2.24, 2.45) is 5.73 Å². The second-order valence-electron chi connectivity index (χ2n) is 3.96. The summed E-state index contributed by atoms with van der Waals surface area (Å²) < 4.78 is 6.96. The van der Waals surface area contributed by atoms with Crippen molar-refractivity contribution in [2.75, 3.05) is 6.54 Å². The summed E-state index contributed by atoms with van der Waals surface area (Å²) in [5, 5.41) is 0.